The van der Waals surface area contributed by atoms with Crippen molar-refractivity contribution in [2.75, 3.05) is 32.1 Å². The maximum Gasteiger partial charge on any atom is 0.253 e. The minimum Gasteiger partial charge on any atom is -0.368 e. The van der Waals surface area contributed by atoms with Gasteiger partial charge in [0.05, 0.1) is 0 Å². The fourth-order valence-electron chi connectivity index (χ4n) is 2.31. The Kier molecular flexibility index (Phi) is 8.61. The first-order chi connectivity index (χ1) is 10.7. The summed E-state index contributed by atoms with van der Waals surface area (Å²) in [6.45, 7) is 2.11. The van der Waals surface area contributed by atoms with E-state index in [-0.39, 0.29) is 30.3 Å². The average molecular weight is 342 g/mol. The maximum absolute atomic E-state index is 12.0. The second-order valence-corrected chi connectivity index (χ2v) is 5.28. The van der Waals surface area contributed by atoms with Crippen molar-refractivity contribution in [3.05, 3.63) is 29.8 Å². The standard InChI is InChI=1S/C16H23N3O3.ClH/c1-17-8-4-9-18-15(20)12-5-2-6-13(11-12)19-16(21)14-7-3-10-22-14;/h2,5-6,11,14,17H,3-4,7-10H2,1H3,(H,18,20)(H,19,21);1H. The summed E-state index contributed by atoms with van der Waals surface area (Å²) in [5, 5.41) is 8.68. The Morgan fingerprint density at radius 3 is 2.83 bits per heavy atom. The molecule has 2 rings (SSSR count). The lowest BCUT2D eigenvalue weighted by Gasteiger charge is -2.11. The summed E-state index contributed by atoms with van der Waals surface area (Å²) >= 11 is 0. The van der Waals surface area contributed by atoms with E-state index in [0.29, 0.717) is 24.4 Å². The number of benzene rings is 1. The first-order valence-corrected chi connectivity index (χ1v) is 7.66. The molecule has 1 heterocycles. The third kappa shape index (κ3) is 6.17. The summed E-state index contributed by atoms with van der Waals surface area (Å²) < 4.78 is 5.34. The summed E-state index contributed by atoms with van der Waals surface area (Å²) in [5.41, 5.74) is 1.15. The number of carbonyl (C=O) groups is 2. The van der Waals surface area contributed by atoms with E-state index in [1.807, 2.05) is 7.05 Å². The molecule has 128 valence electrons. The van der Waals surface area contributed by atoms with Crippen molar-refractivity contribution in [1.82, 2.24) is 10.6 Å². The molecule has 1 unspecified atom stereocenters. The molecule has 0 aliphatic carbocycles. The van der Waals surface area contributed by atoms with Crippen LogP contribution in [0, 0.1) is 0 Å². The zero-order valence-corrected chi connectivity index (χ0v) is 14.1. The average Bonchev–Trinajstić information content (AvgIpc) is 3.06. The molecule has 6 nitrogen and oxygen atoms in total. The molecule has 2 amide bonds. The maximum atomic E-state index is 12.0. The summed E-state index contributed by atoms with van der Waals surface area (Å²) in [6, 6.07) is 6.94. The van der Waals surface area contributed by atoms with Gasteiger partial charge in [-0.3, -0.25) is 9.59 Å². The van der Waals surface area contributed by atoms with Gasteiger partial charge in [-0.1, -0.05) is 6.07 Å². The quantitative estimate of drug-likeness (QED) is 0.658. The Bertz CT molecular complexity index is 519. The Morgan fingerprint density at radius 2 is 2.13 bits per heavy atom. The van der Waals surface area contributed by atoms with E-state index in [1.165, 1.54) is 0 Å². The van der Waals surface area contributed by atoms with Crippen LogP contribution in [0.15, 0.2) is 24.3 Å². The van der Waals surface area contributed by atoms with E-state index in [4.69, 9.17) is 4.74 Å². The van der Waals surface area contributed by atoms with Crippen LogP contribution in [0.25, 0.3) is 0 Å². The summed E-state index contributed by atoms with van der Waals surface area (Å²) in [4.78, 5) is 24.0. The van der Waals surface area contributed by atoms with E-state index in [0.717, 1.165) is 25.8 Å². The zero-order valence-electron chi connectivity index (χ0n) is 13.3. The largest absolute Gasteiger partial charge is 0.368 e. The SMILES string of the molecule is CNCCCNC(=O)c1cccc(NC(=O)C2CCCO2)c1.Cl. The molecule has 0 spiro atoms. The minimum atomic E-state index is -0.376. The Labute approximate surface area is 142 Å². The van der Waals surface area contributed by atoms with Crippen LogP contribution in [-0.4, -0.2) is 44.7 Å². The van der Waals surface area contributed by atoms with Crippen LogP contribution in [0.1, 0.15) is 29.6 Å². The van der Waals surface area contributed by atoms with Crippen molar-refractivity contribution in [2.45, 2.75) is 25.4 Å². The molecular formula is C16H24ClN3O3. The van der Waals surface area contributed by atoms with Gasteiger partial charge < -0.3 is 20.7 Å². The summed E-state index contributed by atoms with van der Waals surface area (Å²) in [7, 11) is 1.88. The van der Waals surface area contributed by atoms with Crippen molar-refractivity contribution in [3.8, 4) is 0 Å². The monoisotopic (exact) mass is 341 g/mol. The van der Waals surface area contributed by atoms with E-state index in [1.54, 1.807) is 24.3 Å². The molecule has 1 atom stereocenters. The molecule has 0 bridgehead atoms. The van der Waals surface area contributed by atoms with Crippen molar-refractivity contribution < 1.29 is 14.3 Å². The molecule has 1 saturated heterocycles. The van der Waals surface area contributed by atoms with Gasteiger partial charge in [0.15, 0.2) is 0 Å². The van der Waals surface area contributed by atoms with Crippen LogP contribution < -0.4 is 16.0 Å². The van der Waals surface area contributed by atoms with Crippen LogP contribution in [-0.2, 0) is 9.53 Å². The fourth-order valence-corrected chi connectivity index (χ4v) is 2.31. The van der Waals surface area contributed by atoms with Gasteiger partial charge in [0, 0.05) is 24.4 Å². The van der Waals surface area contributed by atoms with E-state index >= 15 is 0 Å². The third-order valence-corrected chi connectivity index (χ3v) is 3.50. The molecular weight excluding hydrogens is 318 g/mol. The number of halogens is 1. The fraction of sp³-hybridized carbons (Fsp3) is 0.500. The van der Waals surface area contributed by atoms with Crippen molar-refractivity contribution in [2.24, 2.45) is 0 Å². The molecule has 1 aliphatic heterocycles. The van der Waals surface area contributed by atoms with E-state index < -0.39 is 0 Å². The first kappa shape index (κ1) is 19.4. The van der Waals surface area contributed by atoms with Crippen LogP contribution in [0.5, 0.6) is 0 Å². The highest BCUT2D eigenvalue weighted by molar-refractivity contribution is 5.98. The van der Waals surface area contributed by atoms with Crippen LogP contribution in [0.3, 0.4) is 0 Å². The molecule has 1 aromatic rings. The number of amides is 2. The second-order valence-electron chi connectivity index (χ2n) is 5.28. The molecule has 1 fully saturated rings. The number of hydrogen-bond acceptors (Lipinski definition) is 4. The van der Waals surface area contributed by atoms with Gasteiger partial charge in [0.2, 0.25) is 0 Å². The summed E-state index contributed by atoms with van der Waals surface area (Å²) in [5.74, 6) is -0.284. The highest BCUT2D eigenvalue weighted by atomic mass is 35.5. The predicted molar refractivity (Wildman–Crippen MR) is 92.2 cm³/mol. The van der Waals surface area contributed by atoms with Gasteiger partial charge in [-0.15, -0.1) is 12.4 Å². The number of anilines is 1. The van der Waals surface area contributed by atoms with Gasteiger partial charge in [0.1, 0.15) is 6.10 Å². The number of rotatable bonds is 7. The van der Waals surface area contributed by atoms with Gasteiger partial charge >= 0.3 is 0 Å². The van der Waals surface area contributed by atoms with Crippen LogP contribution in [0.4, 0.5) is 5.69 Å². The molecule has 0 aromatic heterocycles. The first-order valence-electron chi connectivity index (χ1n) is 7.66. The van der Waals surface area contributed by atoms with Gasteiger partial charge in [-0.25, -0.2) is 0 Å². The Balaban J connectivity index is 0.00000264. The normalized spacial score (nSPS) is 16.5. The van der Waals surface area contributed by atoms with Crippen LogP contribution >= 0.6 is 12.4 Å². The van der Waals surface area contributed by atoms with Crippen LogP contribution in [0.2, 0.25) is 0 Å². The highest BCUT2D eigenvalue weighted by Crippen LogP contribution is 2.16. The molecule has 7 heteroatoms. The van der Waals surface area contributed by atoms with Gasteiger partial charge in [-0.05, 0) is 51.1 Å². The second kappa shape index (κ2) is 10.2. The lowest BCUT2D eigenvalue weighted by molar-refractivity contribution is -0.124. The molecule has 1 aromatic carbocycles. The third-order valence-electron chi connectivity index (χ3n) is 3.50. The molecule has 1 aliphatic rings. The molecule has 0 saturated carbocycles. The van der Waals surface area contributed by atoms with Gasteiger partial charge in [-0.2, -0.15) is 0 Å². The Hall–Kier alpha value is -1.63. The highest BCUT2D eigenvalue weighted by Gasteiger charge is 2.23. The summed E-state index contributed by atoms with van der Waals surface area (Å²) in [6.07, 6.45) is 2.15. The molecule has 0 radical (unpaired) electrons. The van der Waals surface area contributed by atoms with Crippen molar-refractivity contribution >= 4 is 29.9 Å². The smallest absolute Gasteiger partial charge is 0.253 e. The van der Waals surface area contributed by atoms with Crippen molar-refractivity contribution in [1.29, 1.82) is 0 Å². The topological polar surface area (TPSA) is 79.5 Å². The lowest BCUT2D eigenvalue weighted by Crippen LogP contribution is -2.28. The lowest BCUT2D eigenvalue weighted by atomic mass is 10.1. The molecule has 3 N–H and O–H groups in total. The van der Waals surface area contributed by atoms with Gasteiger partial charge in [0.25, 0.3) is 11.8 Å². The van der Waals surface area contributed by atoms with E-state index in [9.17, 15) is 9.59 Å². The zero-order chi connectivity index (χ0) is 15.8. The predicted octanol–water partition coefficient (Wildman–Crippen LogP) is 1.57. The molecule has 23 heavy (non-hydrogen) atoms. The van der Waals surface area contributed by atoms with Crippen molar-refractivity contribution in [3.63, 3.8) is 0 Å². The number of nitrogens with one attached hydrogen (secondary N) is 3. The minimum absolute atomic E-state index is 0. The number of hydrogen-bond donors (Lipinski definition) is 3. The number of carbonyl (C=O) groups excluding carboxylic acids is 2. The number of ether oxygens (including phenoxy) is 1. The Morgan fingerprint density at radius 1 is 1.30 bits per heavy atom. The van der Waals surface area contributed by atoms with E-state index in [2.05, 4.69) is 16.0 Å².